The number of aliphatic carboxylic acids is 1. The molecule has 0 spiro atoms. The number of carbonyl (C=O) groups is 2. The highest BCUT2D eigenvalue weighted by Crippen LogP contribution is 1.94. The van der Waals surface area contributed by atoms with Gasteiger partial charge in [0.25, 0.3) is 0 Å². The van der Waals surface area contributed by atoms with E-state index in [9.17, 15) is 9.59 Å². The monoisotopic (exact) mass is 143 g/mol. The number of nitrogens with two attached hydrogens (primary N) is 1. The Hall–Kier alpha value is -1.32. The Bertz CT molecular complexity index is 174. The van der Waals surface area contributed by atoms with Crippen LogP contribution >= 0.6 is 0 Å². The van der Waals surface area contributed by atoms with Crippen molar-refractivity contribution in [2.24, 2.45) is 11.7 Å². The molecule has 1 unspecified atom stereocenters. The van der Waals surface area contributed by atoms with Crippen molar-refractivity contribution in [1.82, 2.24) is 0 Å². The third kappa shape index (κ3) is 2.86. The second-order valence-corrected chi connectivity index (χ2v) is 1.92. The van der Waals surface area contributed by atoms with Gasteiger partial charge in [0, 0.05) is 5.92 Å². The van der Waals surface area contributed by atoms with Crippen LogP contribution in [0.2, 0.25) is 0 Å². The van der Waals surface area contributed by atoms with Gasteiger partial charge >= 0.3 is 5.97 Å². The van der Waals surface area contributed by atoms with Crippen molar-refractivity contribution in [3.05, 3.63) is 11.8 Å². The minimum absolute atomic E-state index is 0.292. The molecule has 0 aliphatic rings. The third-order valence-electron chi connectivity index (χ3n) is 0.904. The number of carbonyl (C=O) groups excluding carboxylic acids is 1. The van der Waals surface area contributed by atoms with Gasteiger partial charge < -0.3 is 15.6 Å². The van der Waals surface area contributed by atoms with Crippen LogP contribution in [0.4, 0.5) is 0 Å². The van der Waals surface area contributed by atoms with E-state index in [1.54, 1.807) is 6.92 Å². The van der Waals surface area contributed by atoms with Gasteiger partial charge in [0.1, 0.15) is 12.0 Å². The molecule has 0 heterocycles. The summed E-state index contributed by atoms with van der Waals surface area (Å²) in [6, 6.07) is 0. The topological polar surface area (TPSA) is 80.4 Å². The molecule has 4 nitrogen and oxygen atoms in total. The molecule has 56 valence electrons. The van der Waals surface area contributed by atoms with Gasteiger partial charge in [-0.3, -0.25) is 0 Å². The summed E-state index contributed by atoms with van der Waals surface area (Å²) in [5, 5.41) is 8.22. The van der Waals surface area contributed by atoms with Crippen molar-refractivity contribution in [2.45, 2.75) is 6.92 Å². The first-order valence-electron chi connectivity index (χ1n) is 2.73. The smallest absolute Gasteiger partial charge is 0.351 e. The van der Waals surface area contributed by atoms with Gasteiger partial charge in [-0.25, -0.2) is 4.79 Å². The second-order valence-electron chi connectivity index (χ2n) is 1.92. The maximum absolute atomic E-state index is 10.0. The molecular weight excluding hydrogens is 134 g/mol. The SMILES string of the molecule is CC(C=O)C=C(N)C(=O)O. The summed E-state index contributed by atoms with van der Waals surface area (Å²) in [5.74, 6) is -1.63. The zero-order chi connectivity index (χ0) is 8.15. The molecule has 0 rings (SSSR count). The molecule has 0 aromatic heterocycles. The summed E-state index contributed by atoms with van der Waals surface area (Å²) in [4.78, 5) is 20.0. The first-order valence-corrected chi connectivity index (χ1v) is 2.73. The van der Waals surface area contributed by atoms with E-state index < -0.39 is 11.9 Å². The number of carboxylic acids is 1. The van der Waals surface area contributed by atoms with E-state index >= 15 is 0 Å². The Kier molecular flexibility index (Phi) is 3.17. The second kappa shape index (κ2) is 3.66. The summed E-state index contributed by atoms with van der Waals surface area (Å²) in [7, 11) is 0. The first-order chi connectivity index (χ1) is 4.57. The van der Waals surface area contributed by atoms with Gasteiger partial charge in [0.2, 0.25) is 0 Å². The van der Waals surface area contributed by atoms with Crippen molar-refractivity contribution < 1.29 is 14.7 Å². The Morgan fingerprint density at radius 1 is 1.70 bits per heavy atom. The maximum Gasteiger partial charge on any atom is 0.351 e. The average Bonchev–Trinajstić information content (AvgIpc) is 1.87. The van der Waals surface area contributed by atoms with Gasteiger partial charge in [0.15, 0.2) is 0 Å². The zero-order valence-electron chi connectivity index (χ0n) is 5.57. The van der Waals surface area contributed by atoms with Gasteiger partial charge in [0.05, 0.1) is 0 Å². The Morgan fingerprint density at radius 3 is 2.50 bits per heavy atom. The molecule has 0 aromatic carbocycles. The summed E-state index contributed by atoms with van der Waals surface area (Å²) in [6.45, 7) is 1.56. The number of carboxylic acid groups (broad SMARTS) is 1. The van der Waals surface area contributed by atoms with Crippen LogP contribution in [-0.2, 0) is 9.59 Å². The highest BCUT2D eigenvalue weighted by molar-refractivity contribution is 5.85. The molecule has 0 aliphatic carbocycles. The Balaban J connectivity index is 4.15. The third-order valence-corrected chi connectivity index (χ3v) is 0.904. The average molecular weight is 143 g/mol. The fourth-order valence-electron chi connectivity index (χ4n) is 0.394. The number of aldehydes is 1. The lowest BCUT2D eigenvalue weighted by Crippen LogP contribution is -2.11. The first kappa shape index (κ1) is 8.68. The van der Waals surface area contributed by atoms with E-state index in [-0.39, 0.29) is 5.70 Å². The highest BCUT2D eigenvalue weighted by atomic mass is 16.4. The van der Waals surface area contributed by atoms with E-state index in [2.05, 4.69) is 0 Å². The molecule has 0 aromatic rings. The van der Waals surface area contributed by atoms with E-state index in [0.717, 1.165) is 0 Å². The standard InChI is InChI=1S/C6H9NO3/c1-4(3-8)2-5(7)6(9)10/h2-4H,7H2,1H3,(H,9,10). The molecule has 10 heavy (non-hydrogen) atoms. The fourth-order valence-corrected chi connectivity index (χ4v) is 0.394. The lowest BCUT2D eigenvalue weighted by molar-refractivity contribution is -0.132. The maximum atomic E-state index is 10.0. The summed E-state index contributed by atoms with van der Waals surface area (Å²) >= 11 is 0. The van der Waals surface area contributed by atoms with Crippen LogP contribution < -0.4 is 5.73 Å². The Morgan fingerprint density at radius 2 is 2.20 bits per heavy atom. The van der Waals surface area contributed by atoms with Crippen molar-refractivity contribution >= 4 is 12.3 Å². The van der Waals surface area contributed by atoms with E-state index in [1.807, 2.05) is 0 Å². The number of rotatable bonds is 3. The van der Waals surface area contributed by atoms with Gasteiger partial charge in [-0.1, -0.05) is 6.92 Å². The van der Waals surface area contributed by atoms with Crippen LogP contribution in [0.3, 0.4) is 0 Å². The summed E-state index contributed by atoms with van der Waals surface area (Å²) in [6.07, 6.45) is 1.81. The highest BCUT2D eigenvalue weighted by Gasteiger charge is 2.02. The van der Waals surface area contributed by atoms with Crippen LogP contribution in [0.5, 0.6) is 0 Å². The van der Waals surface area contributed by atoms with E-state index in [1.165, 1.54) is 6.08 Å². The quantitative estimate of drug-likeness (QED) is 0.421. The molecule has 0 bridgehead atoms. The zero-order valence-corrected chi connectivity index (χ0v) is 5.57. The summed E-state index contributed by atoms with van der Waals surface area (Å²) < 4.78 is 0. The lowest BCUT2D eigenvalue weighted by Gasteiger charge is -1.94. The van der Waals surface area contributed by atoms with Crippen LogP contribution in [0.25, 0.3) is 0 Å². The van der Waals surface area contributed by atoms with Crippen LogP contribution in [0.1, 0.15) is 6.92 Å². The van der Waals surface area contributed by atoms with Crippen molar-refractivity contribution in [2.75, 3.05) is 0 Å². The molecule has 0 radical (unpaired) electrons. The van der Waals surface area contributed by atoms with Gasteiger partial charge in [-0.2, -0.15) is 0 Å². The predicted octanol–water partition coefficient (Wildman–Crippen LogP) is -0.251. The van der Waals surface area contributed by atoms with Crippen LogP contribution in [-0.4, -0.2) is 17.4 Å². The van der Waals surface area contributed by atoms with Gasteiger partial charge in [-0.05, 0) is 6.08 Å². The number of allylic oxidation sites excluding steroid dienone is 1. The molecule has 0 aliphatic heterocycles. The molecule has 4 heteroatoms. The molecule has 0 amide bonds. The van der Waals surface area contributed by atoms with Gasteiger partial charge in [-0.15, -0.1) is 0 Å². The van der Waals surface area contributed by atoms with Crippen LogP contribution in [0.15, 0.2) is 11.8 Å². The number of hydrogen-bond acceptors (Lipinski definition) is 3. The van der Waals surface area contributed by atoms with Crippen LogP contribution in [0, 0.1) is 5.92 Å². The van der Waals surface area contributed by atoms with E-state index in [0.29, 0.717) is 6.29 Å². The molecule has 1 atom stereocenters. The minimum atomic E-state index is -1.20. The van der Waals surface area contributed by atoms with Crippen molar-refractivity contribution in [3.63, 3.8) is 0 Å². The largest absolute Gasteiger partial charge is 0.477 e. The van der Waals surface area contributed by atoms with E-state index in [4.69, 9.17) is 10.8 Å². The molecule has 0 saturated carbocycles. The molecular formula is C6H9NO3. The fraction of sp³-hybridized carbons (Fsp3) is 0.333. The molecule has 0 saturated heterocycles. The van der Waals surface area contributed by atoms with Crippen molar-refractivity contribution in [3.8, 4) is 0 Å². The number of hydrogen-bond donors (Lipinski definition) is 2. The predicted molar refractivity (Wildman–Crippen MR) is 35.1 cm³/mol. The minimum Gasteiger partial charge on any atom is -0.477 e. The normalized spacial score (nSPS) is 14.3. The Labute approximate surface area is 58.3 Å². The lowest BCUT2D eigenvalue weighted by atomic mass is 10.2. The summed E-state index contributed by atoms with van der Waals surface area (Å²) in [5.41, 5.74) is 4.70. The molecule has 3 N–H and O–H groups in total. The molecule has 0 fully saturated rings. The van der Waals surface area contributed by atoms with Crippen molar-refractivity contribution in [1.29, 1.82) is 0 Å².